The topological polar surface area (TPSA) is 20.2 Å². The largest absolute Gasteiger partial charge is 0.507 e. The molecule has 174 valence electrons. The molecular formula is C31H34OP2. The number of hydrogen-bond acceptors (Lipinski definition) is 1. The van der Waals surface area contributed by atoms with Crippen LogP contribution in [0.25, 0.3) is 0 Å². The Morgan fingerprint density at radius 1 is 0.676 bits per heavy atom. The lowest BCUT2D eigenvalue weighted by atomic mass is 9.90. The summed E-state index contributed by atoms with van der Waals surface area (Å²) in [6, 6.07) is 34.9. The van der Waals surface area contributed by atoms with Crippen molar-refractivity contribution in [2.24, 2.45) is 0 Å². The molecule has 0 aromatic heterocycles. The summed E-state index contributed by atoms with van der Waals surface area (Å²) >= 11 is 0. The van der Waals surface area contributed by atoms with E-state index in [2.05, 4.69) is 112 Å². The van der Waals surface area contributed by atoms with Crippen LogP contribution in [-0.2, 0) is 5.16 Å². The summed E-state index contributed by atoms with van der Waals surface area (Å²) in [5, 5.41) is 16.6. The number of hydrogen-bond donors (Lipinski definition) is 1. The van der Waals surface area contributed by atoms with Crippen LogP contribution in [0.2, 0.25) is 0 Å². The minimum atomic E-state index is -0.684. The van der Waals surface area contributed by atoms with Crippen LogP contribution >= 0.6 is 16.5 Å². The van der Waals surface area contributed by atoms with Gasteiger partial charge in [0.05, 0.1) is 0 Å². The molecule has 0 spiro atoms. The fraction of sp³-hybridized carbons (Fsp3) is 0.226. The number of aryl methyl sites for hydroxylation is 2. The highest BCUT2D eigenvalue weighted by Gasteiger charge is 2.34. The van der Waals surface area contributed by atoms with E-state index in [1.807, 2.05) is 13.0 Å². The van der Waals surface area contributed by atoms with Crippen LogP contribution in [0.4, 0.5) is 0 Å². The molecule has 1 unspecified atom stereocenters. The Morgan fingerprint density at radius 2 is 1.21 bits per heavy atom. The summed E-state index contributed by atoms with van der Waals surface area (Å²) in [7, 11) is -0.112. The fourth-order valence-corrected chi connectivity index (χ4v) is 9.34. The fourth-order valence-electron chi connectivity index (χ4n) is 4.74. The van der Waals surface area contributed by atoms with E-state index in [0.717, 1.165) is 24.0 Å². The van der Waals surface area contributed by atoms with Gasteiger partial charge in [0, 0.05) is 10.7 Å². The highest BCUT2D eigenvalue weighted by atomic mass is 31.1. The van der Waals surface area contributed by atoms with Gasteiger partial charge in [0.1, 0.15) is 5.75 Å². The lowest BCUT2D eigenvalue weighted by molar-refractivity contribution is 0.444. The molecule has 34 heavy (non-hydrogen) atoms. The first kappa shape index (κ1) is 24.7. The first-order chi connectivity index (χ1) is 16.5. The van der Waals surface area contributed by atoms with Gasteiger partial charge in [-0.1, -0.05) is 119 Å². The van der Waals surface area contributed by atoms with E-state index in [-0.39, 0.29) is 5.16 Å². The maximum absolute atomic E-state index is 11.1. The van der Waals surface area contributed by atoms with Crippen LogP contribution in [0.15, 0.2) is 97.1 Å². The summed E-state index contributed by atoms with van der Waals surface area (Å²) in [5.41, 5.74) is 3.39. The van der Waals surface area contributed by atoms with Gasteiger partial charge in [-0.25, -0.2) is 0 Å². The van der Waals surface area contributed by atoms with Crippen molar-refractivity contribution in [2.45, 2.75) is 45.7 Å². The summed E-state index contributed by atoms with van der Waals surface area (Å²) < 4.78 is 0. The third kappa shape index (κ3) is 4.84. The van der Waals surface area contributed by atoms with E-state index in [4.69, 9.17) is 0 Å². The van der Waals surface area contributed by atoms with Crippen LogP contribution in [0, 0.1) is 13.8 Å². The van der Waals surface area contributed by atoms with Crippen molar-refractivity contribution < 1.29 is 5.11 Å². The predicted molar refractivity (Wildman–Crippen MR) is 153 cm³/mol. The van der Waals surface area contributed by atoms with Gasteiger partial charge in [0.2, 0.25) is 0 Å². The monoisotopic (exact) mass is 484 g/mol. The van der Waals surface area contributed by atoms with Crippen LogP contribution in [0.1, 0.15) is 43.4 Å². The number of para-hydroxylation sites is 1. The molecule has 0 radical (unpaired) electrons. The van der Waals surface area contributed by atoms with Gasteiger partial charge in [-0.05, 0) is 67.0 Å². The smallest absolute Gasteiger partial charge is 0.122 e. The number of rotatable bonds is 8. The normalized spacial score (nSPS) is 12.0. The average Bonchev–Trinajstić information content (AvgIpc) is 2.87. The predicted octanol–water partition coefficient (Wildman–Crippen LogP) is 6.79. The number of phenols is 1. The van der Waals surface area contributed by atoms with Gasteiger partial charge in [-0.3, -0.25) is 0 Å². The van der Waals surface area contributed by atoms with Crippen molar-refractivity contribution >= 4 is 37.7 Å². The molecule has 0 saturated carbocycles. The number of aromatic hydroxyl groups is 1. The highest BCUT2D eigenvalue weighted by Crippen LogP contribution is 2.51. The molecule has 4 aromatic rings. The van der Waals surface area contributed by atoms with Crippen molar-refractivity contribution in [1.82, 2.24) is 0 Å². The van der Waals surface area contributed by atoms with Gasteiger partial charge in [-0.15, -0.1) is 0 Å². The quantitative estimate of drug-likeness (QED) is 0.273. The molecule has 1 atom stereocenters. The minimum Gasteiger partial charge on any atom is -0.507 e. The van der Waals surface area contributed by atoms with E-state index in [1.165, 1.54) is 26.8 Å². The van der Waals surface area contributed by atoms with Gasteiger partial charge in [0.25, 0.3) is 0 Å². The SMILES string of the molecule is CCC(CC)(Pc1c(C)cccc1P(c1ccccc1)c1ccccc1)c1cccc(C)c1O. The van der Waals surface area contributed by atoms with E-state index >= 15 is 0 Å². The molecule has 1 nitrogen and oxygen atoms in total. The summed E-state index contributed by atoms with van der Waals surface area (Å²) in [6.45, 7) is 8.80. The Hall–Kier alpha value is -2.46. The van der Waals surface area contributed by atoms with Crippen molar-refractivity contribution in [3.05, 3.63) is 114 Å². The Balaban J connectivity index is 1.91. The molecule has 0 saturated heterocycles. The third-order valence-electron chi connectivity index (χ3n) is 6.85. The van der Waals surface area contributed by atoms with Gasteiger partial charge in [-0.2, -0.15) is 0 Å². The molecule has 4 aromatic carbocycles. The number of benzene rings is 4. The van der Waals surface area contributed by atoms with Crippen molar-refractivity contribution in [3.8, 4) is 5.75 Å². The highest BCUT2D eigenvalue weighted by molar-refractivity contribution is 7.81. The lowest BCUT2D eigenvalue weighted by Crippen LogP contribution is -2.33. The van der Waals surface area contributed by atoms with Gasteiger partial charge < -0.3 is 5.11 Å². The molecule has 1 N–H and O–H groups in total. The first-order valence-corrected chi connectivity index (χ1v) is 14.4. The zero-order chi connectivity index (χ0) is 24.1. The van der Waals surface area contributed by atoms with Crippen molar-refractivity contribution in [1.29, 1.82) is 0 Å². The molecule has 0 amide bonds. The van der Waals surface area contributed by atoms with Gasteiger partial charge >= 0.3 is 0 Å². The van der Waals surface area contributed by atoms with Gasteiger partial charge in [0.15, 0.2) is 0 Å². The summed E-state index contributed by atoms with van der Waals surface area (Å²) in [5.74, 6) is 0.460. The standard InChI is InChI=1S/C31H34OP2/c1-5-31(6-2,27-21-13-15-23(3)29(27)32)33-30-24(4)16-14-22-28(30)34(25-17-9-7-10-18-25)26-19-11-8-12-20-26/h7-22,32-33H,5-6H2,1-4H3. The summed E-state index contributed by atoms with van der Waals surface area (Å²) in [4.78, 5) is 0. The van der Waals surface area contributed by atoms with Crippen molar-refractivity contribution in [2.75, 3.05) is 0 Å². The molecule has 0 bridgehead atoms. The Bertz CT molecular complexity index is 1190. The van der Waals surface area contributed by atoms with Crippen LogP contribution in [0.3, 0.4) is 0 Å². The van der Waals surface area contributed by atoms with E-state index in [9.17, 15) is 5.11 Å². The maximum Gasteiger partial charge on any atom is 0.122 e. The molecular weight excluding hydrogens is 450 g/mol. The van der Waals surface area contributed by atoms with Crippen molar-refractivity contribution in [3.63, 3.8) is 0 Å². The van der Waals surface area contributed by atoms with E-state index in [1.54, 1.807) is 0 Å². The second kappa shape index (κ2) is 10.9. The zero-order valence-electron chi connectivity index (χ0n) is 20.5. The first-order valence-electron chi connectivity index (χ1n) is 12.1. The third-order valence-corrected chi connectivity index (χ3v) is 11.9. The second-order valence-corrected chi connectivity index (χ2v) is 12.8. The number of phenolic OH excluding ortho intramolecular Hbond substituents is 1. The van der Waals surface area contributed by atoms with Crippen LogP contribution < -0.4 is 21.2 Å². The molecule has 3 heteroatoms. The van der Waals surface area contributed by atoms with Crippen LogP contribution in [-0.4, -0.2) is 5.11 Å². The van der Waals surface area contributed by atoms with E-state index in [0.29, 0.717) is 14.3 Å². The summed E-state index contributed by atoms with van der Waals surface area (Å²) in [6.07, 6.45) is 1.97. The maximum atomic E-state index is 11.1. The molecule has 0 aliphatic rings. The Morgan fingerprint density at radius 3 is 1.76 bits per heavy atom. The second-order valence-electron chi connectivity index (χ2n) is 8.86. The average molecular weight is 485 g/mol. The molecule has 4 rings (SSSR count). The minimum absolute atomic E-state index is 0.0919. The Kier molecular flexibility index (Phi) is 7.88. The molecule has 0 heterocycles. The van der Waals surface area contributed by atoms with E-state index < -0.39 is 7.92 Å². The zero-order valence-corrected chi connectivity index (χ0v) is 22.4. The lowest BCUT2D eigenvalue weighted by Gasteiger charge is -2.36. The molecule has 0 fully saturated rings. The molecule has 0 aliphatic carbocycles. The molecule has 0 aliphatic heterocycles. The Labute approximate surface area is 207 Å². The van der Waals surface area contributed by atoms with Crippen LogP contribution in [0.5, 0.6) is 5.75 Å².